The Bertz CT molecular complexity index is 4200. The van der Waals surface area contributed by atoms with Crippen molar-refractivity contribution in [1.29, 1.82) is 0 Å². The second-order valence-electron chi connectivity index (χ2n) is 23.9. The third kappa shape index (κ3) is 34.5. The molecule has 69 heteroatoms. The van der Waals surface area contributed by atoms with E-state index in [4.69, 9.17) is 65.8 Å². The molecule has 0 radical (unpaired) electrons. The summed E-state index contributed by atoms with van der Waals surface area (Å²) in [6, 6.07) is -2.39. The van der Waals surface area contributed by atoms with E-state index in [0.717, 1.165) is 0 Å². The molecule has 19 N–H and O–H groups in total. The molecule has 0 saturated carbocycles. The second-order valence-corrected chi connectivity index (χ2v) is 30.3. The van der Waals surface area contributed by atoms with Crippen LogP contribution in [0.4, 0.5) is 0 Å². The zero-order valence-corrected chi connectivity index (χ0v) is 81.9. The summed E-state index contributed by atoms with van der Waals surface area (Å²) in [7, 11) is -33.7. The number of carbonyl (C=O) groups excluding carboxylic acids is 3. The molecule has 0 aliphatic carbocycles. The number of carboxylic acids is 3. The predicted octanol–water partition coefficient (Wildman–Crippen LogP) is -33.3. The molecule has 0 aromatic heterocycles. The third-order valence-electron chi connectivity index (χ3n) is 16.0. The van der Waals surface area contributed by atoms with E-state index in [1.165, 1.54) is 31.4 Å². The zero-order chi connectivity index (χ0) is 83.4. The Kier molecular flexibility index (Phi) is 50.4. The average Bonchev–Trinajstić information content (AvgIpc) is 0.759. The Hall–Kier alpha value is 1.14. The quantitative estimate of drug-likeness (QED) is 0.0225. The number of amides is 3. The van der Waals surface area contributed by atoms with E-state index in [-0.39, 0.29) is 218 Å². The van der Waals surface area contributed by atoms with Crippen LogP contribution < -0.4 is 232 Å². The predicted molar refractivity (Wildman–Crippen MR) is 329 cm³/mol. The van der Waals surface area contributed by atoms with Crippen LogP contribution in [0, 0.1) is 0 Å². The summed E-state index contributed by atoms with van der Waals surface area (Å²) in [6.07, 6.45) is -74.7. The van der Waals surface area contributed by atoms with Crippen LogP contribution in [0.2, 0.25) is 0 Å². The Balaban J connectivity index is 0.0000196. The molecule has 6 aliphatic heterocycles. The van der Waals surface area contributed by atoms with Crippen LogP contribution in [0.3, 0.4) is 0 Å². The summed E-state index contributed by atoms with van der Waals surface area (Å²) in [4.78, 5) is 78.2. The van der Waals surface area contributed by atoms with E-state index >= 15 is 0 Å². The van der Waals surface area contributed by atoms with Gasteiger partial charge < -0.3 is 129 Å². The first-order valence-electron chi connectivity index (χ1n) is 30.6. The molecule has 6 fully saturated rings. The maximum atomic E-state index is 13.5. The average molecular weight is 1900 g/mol. The number of hydrogen-bond acceptors (Lipinski definition) is 44. The van der Waals surface area contributed by atoms with Gasteiger partial charge in [-0.15, -0.1) is 0 Å². The summed E-state index contributed by atoms with van der Waals surface area (Å²) in [5.74, 6) is -10.6. The van der Waals surface area contributed by atoms with Crippen LogP contribution in [-0.2, 0) is 168 Å². The molecule has 1 aromatic carbocycles. The molecule has 118 heavy (non-hydrogen) atoms. The molecule has 56 nitrogen and oxygen atoms in total. The third-order valence-corrected chi connectivity index (χ3v) is 18.7. The van der Waals surface area contributed by atoms with Gasteiger partial charge in [-0.1, -0.05) is 0 Å². The number of rotatable bonds is 34. The fourth-order valence-electron chi connectivity index (χ4n) is 11.6. The Labute approximate surface area is 822 Å². The van der Waals surface area contributed by atoms with Crippen LogP contribution in [0.5, 0.6) is 11.5 Å². The maximum Gasteiger partial charge on any atom is 1.00 e. The minimum Gasteiger partial charge on any atom is -0.497 e. The van der Waals surface area contributed by atoms with Crippen molar-refractivity contribution in [3.05, 3.63) is 24.3 Å². The summed E-state index contributed by atoms with van der Waals surface area (Å²) in [5, 5.41) is 119. The number of aliphatic hydroxyl groups is 7. The van der Waals surface area contributed by atoms with Crippen LogP contribution in [0.1, 0.15) is 20.8 Å². The number of aliphatic carboxylic acids is 3. The van der Waals surface area contributed by atoms with Crippen LogP contribution in [-0.4, -0.2) is 375 Å². The van der Waals surface area contributed by atoms with Crippen molar-refractivity contribution in [3.63, 3.8) is 0 Å². The van der Waals surface area contributed by atoms with Gasteiger partial charge in [-0.3, -0.25) is 41.7 Å². The number of ether oxygens (including phenoxy) is 13. The molecule has 0 unspecified atom stereocenters. The van der Waals surface area contributed by atoms with E-state index in [1.807, 2.05) is 16.0 Å². The minimum atomic E-state index is -6.14. The van der Waals surface area contributed by atoms with Crippen molar-refractivity contribution in [2.75, 3.05) is 26.9 Å². The monoisotopic (exact) mass is 1900 g/mol. The molecular formula is C49H71N3Na7O53S6+7. The second kappa shape index (κ2) is 50.0. The van der Waals surface area contributed by atoms with Gasteiger partial charge in [0.2, 0.25) is 24.0 Å². The molecule has 0 spiro atoms. The number of hydrogen-bond donors (Lipinski definition) is 19. The van der Waals surface area contributed by atoms with Gasteiger partial charge >= 0.3 is 287 Å². The molecule has 636 valence electrons. The Morgan fingerprint density at radius 3 is 0.864 bits per heavy atom. The Morgan fingerprint density at radius 1 is 0.331 bits per heavy atom. The van der Waals surface area contributed by atoms with Gasteiger partial charge in [-0.25, -0.2) is 39.5 Å². The fourth-order valence-corrected chi connectivity index (χ4v) is 14.1. The molecule has 30 atom stereocenters. The first kappa shape index (κ1) is 119. The van der Waals surface area contributed by atoms with Crippen molar-refractivity contribution in [1.82, 2.24) is 16.0 Å². The van der Waals surface area contributed by atoms with Crippen molar-refractivity contribution < 1.29 is 451 Å². The molecule has 6 saturated heterocycles. The van der Waals surface area contributed by atoms with Gasteiger partial charge in [-0.2, -0.15) is 50.5 Å². The standard InChI is InChI=1S/C49H71N3O53S6.7Na/c1-12(53)50-20-23(56)30(103-109(78,79)80)17(9-88-106(69,70)71)92-44(20)97-35-25(58)28(61)48(101-39(35)42(65)66)95-34-22(52-14(3)55)46(94-19(11-90-108(75,76)77)32(34)105-111(84,85)86)99-37-26(59)29(62)49(102-40(37)43(67)68)96-33-21(51-13(2)54)45(93-18(10-89-107(72,73)74)31(33)104-110(81,82)83)98-36-24(57)27(60)47(100-38(36)41(63)64)91-16-7-5-15(87-4)6-8-16;;;;;;;/h5-8,17-40,44-49,56-62H,9-11H2,1-4H3,(H,50,53)(H,51,54)(H,52,55)(H,63,64)(H,65,66)(H,67,68)(H,69,70,71)(H,72,73,74)(H,75,76,77)(H,78,79,80)(H,81,82,83)(H,84,85,86);;;;;;;/q;7*+1/t17-,18-,19+,20-,21-,22+,23-,24+,25+,26-,27+,28+,29-,30+,31+,32-,33-,34+,35-,36-,37+,38-,39-,40+,44+,45+,46-,47+,48+,49-;;;;;;;/m0......./s1. The summed E-state index contributed by atoms with van der Waals surface area (Å²) < 4.78 is 303. The number of carboxylic acid groups (broad SMARTS) is 3. The summed E-state index contributed by atoms with van der Waals surface area (Å²) in [6.45, 7) is -3.27. The maximum absolute atomic E-state index is 13.5. The fraction of sp³-hybridized carbons (Fsp3) is 0.755. The van der Waals surface area contributed by atoms with Crippen LogP contribution in [0.15, 0.2) is 24.3 Å². The molecule has 1 aromatic rings. The molecule has 3 amide bonds. The summed E-state index contributed by atoms with van der Waals surface area (Å²) >= 11 is 0. The van der Waals surface area contributed by atoms with E-state index in [9.17, 15) is 158 Å². The zero-order valence-electron chi connectivity index (χ0n) is 63.0. The van der Waals surface area contributed by atoms with Crippen molar-refractivity contribution in [2.24, 2.45) is 0 Å². The normalized spacial score (nSPS) is 35.2. The molecule has 7 rings (SSSR count). The van der Waals surface area contributed by atoms with Crippen molar-refractivity contribution >= 4 is 98.0 Å². The Morgan fingerprint density at radius 2 is 0.585 bits per heavy atom. The molecule has 6 aliphatic rings. The first-order chi connectivity index (χ1) is 51.0. The number of carbonyl (C=O) groups is 6. The molecular weight excluding hydrogens is 1830 g/mol. The minimum absolute atomic E-state index is 0. The van der Waals surface area contributed by atoms with E-state index in [0.29, 0.717) is 20.8 Å². The number of aliphatic hydroxyl groups excluding tert-OH is 7. The van der Waals surface area contributed by atoms with Gasteiger partial charge in [0.05, 0.1) is 26.9 Å². The largest absolute Gasteiger partial charge is 1.00 e. The van der Waals surface area contributed by atoms with Gasteiger partial charge in [-0.05, 0) is 24.3 Å². The number of nitrogens with one attached hydrogen (secondary N) is 3. The molecule has 6 heterocycles. The summed E-state index contributed by atoms with van der Waals surface area (Å²) in [5.41, 5.74) is 0. The van der Waals surface area contributed by atoms with Gasteiger partial charge in [0.15, 0.2) is 49.8 Å². The topological polar surface area (TPSA) is 842 Å². The van der Waals surface area contributed by atoms with Gasteiger partial charge in [0.25, 0.3) is 0 Å². The number of benzene rings is 1. The molecule has 0 bridgehead atoms. The van der Waals surface area contributed by atoms with Crippen LogP contribution in [0.25, 0.3) is 0 Å². The van der Waals surface area contributed by atoms with Gasteiger partial charge in [0, 0.05) is 20.8 Å². The van der Waals surface area contributed by atoms with Gasteiger partial charge in [0.1, 0.15) is 139 Å². The SMILES string of the molecule is COc1ccc(O[C@@H]2O[C@H](C(=O)O)[C@@H](O[C@H]3O[C@@H](COS(=O)(=O)O)[C@@H](OS(=O)(=O)O)[C@@H](O[C@H]4O[C@@H](C(=O)O)[C@H](O[C@@H]5O[C@H](COS(=O)(=O)O)[C@H](OS(=O)(=O)O)[C@H](O[C@@H]6O[C@H](C(=O)O)[C@@H](O[C@H]7O[C@@H](COS(=O)(=O)O)[C@@H](OS(=O)(=O)O)[C@@H](O)[C@@H]7NC(C)=O)[C@H](O)[C@H]6O)[C@H]5NC(C)=O)[C@@H](O)[C@@H]4O)[C@@H]3NC(C)=O)[C@H](O)[C@H]2O)cc1.[Na+].[Na+].[Na+].[Na+].[Na+].[Na+].[Na+]. The number of methoxy groups -OCH3 is 1. The van der Waals surface area contributed by atoms with E-state index < -0.39 is 302 Å². The van der Waals surface area contributed by atoms with Crippen LogP contribution >= 0.6 is 0 Å². The van der Waals surface area contributed by atoms with Crippen molar-refractivity contribution in [3.8, 4) is 11.5 Å². The van der Waals surface area contributed by atoms with E-state index in [2.05, 4.69) is 20.9 Å². The first-order valence-corrected chi connectivity index (χ1v) is 38.8. The van der Waals surface area contributed by atoms with E-state index in [1.54, 1.807) is 0 Å². The smallest absolute Gasteiger partial charge is 0.497 e. The van der Waals surface area contributed by atoms with Crippen molar-refractivity contribution in [2.45, 2.75) is 205 Å².